The summed E-state index contributed by atoms with van der Waals surface area (Å²) in [5.74, 6) is 0.452. The van der Waals surface area contributed by atoms with Crippen LogP contribution in [0.25, 0.3) is 0 Å². The Morgan fingerprint density at radius 1 is 0.489 bits per heavy atom. The van der Waals surface area contributed by atoms with E-state index >= 15 is 4.57 Å². The van der Waals surface area contributed by atoms with Crippen molar-refractivity contribution >= 4 is 49.6 Å². The van der Waals surface area contributed by atoms with Gasteiger partial charge in [-0.1, -0.05) is 119 Å². The van der Waals surface area contributed by atoms with Crippen LogP contribution in [0.1, 0.15) is 13.8 Å². The summed E-state index contributed by atoms with van der Waals surface area (Å²) in [4.78, 5) is 21.5. The third-order valence-corrected chi connectivity index (χ3v) is 12.3. The quantitative estimate of drug-likeness (QED) is 0.0572. The molecule has 244 valence electrons. The summed E-state index contributed by atoms with van der Waals surface area (Å²) < 4.78 is 52.2. The van der Waals surface area contributed by atoms with Gasteiger partial charge in [-0.05, 0) is 62.7 Å². The summed E-state index contributed by atoms with van der Waals surface area (Å²) in [5, 5.41) is 1.86. The van der Waals surface area contributed by atoms with Gasteiger partial charge in [0.15, 0.2) is 11.5 Å². The molecule has 0 heterocycles. The zero-order chi connectivity index (χ0) is 33.0. The lowest BCUT2D eigenvalue weighted by molar-refractivity contribution is -0.260. The molecule has 0 atom stereocenters. The molecule has 13 heteroatoms. The number of benzene rings is 5. The van der Waals surface area contributed by atoms with Gasteiger partial charge in [-0.25, -0.2) is 18.9 Å². The molecular weight excluding hydrogens is 661 g/mol. The molecule has 0 radical (unpaired) electrons. The van der Waals surface area contributed by atoms with Crippen molar-refractivity contribution in [2.24, 2.45) is 0 Å². The van der Waals surface area contributed by atoms with E-state index in [4.69, 9.17) is 38.2 Å². The zero-order valence-corrected chi connectivity index (χ0v) is 28.3. The first-order valence-corrected chi connectivity index (χ1v) is 19.1. The Labute approximate surface area is 274 Å². The van der Waals surface area contributed by atoms with Crippen molar-refractivity contribution in [2.45, 2.75) is 13.8 Å². The molecule has 0 saturated heterocycles. The van der Waals surface area contributed by atoms with Crippen LogP contribution in [0.5, 0.6) is 11.5 Å². The second-order valence-electron chi connectivity index (χ2n) is 9.55. The second kappa shape index (κ2) is 17.0. The van der Waals surface area contributed by atoms with Crippen LogP contribution in [-0.4, -0.2) is 13.2 Å². The highest BCUT2D eigenvalue weighted by molar-refractivity contribution is 7.82. The van der Waals surface area contributed by atoms with Gasteiger partial charge in [0.25, 0.3) is 0 Å². The van der Waals surface area contributed by atoms with Gasteiger partial charge in [0.1, 0.15) is 0 Å². The average molecular weight is 695 g/mol. The topological polar surface area (TPSA) is 108 Å². The van der Waals surface area contributed by atoms with Crippen LogP contribution < -0.4 is 36.3 Å². The zero-order valence-electron chi connectivity index (χ0n) is 25.6. The molecule has 0 aliphatic rings. The molecule has 0 unspecified atom stereocenters. The molecule has 5 aromatic carbocycles. The van der Waals surface area contributed by atoms with Crippen molar-refractivity contribution in [3.05, 3.63) is 140 Å². The molecular formula is C34H33O10P3. The average Bonchev–Trinajstić information content (AvgIpc) is 3.13. The first-order valence-electron chi connectivity index (χ1n) is 14.7. The molecule has 47 heavy (non-hydrogen) atoms. The minimum absolute atomic E-state index is 0.0159. The van der Waals surface area contributed by atoms with Crippen molar-refractivity contribution in [3.8, 4) is 11.5 Å². The number of hydrogen-bond acceptors (Lipinski definition) is 10. The predicted molar refractivity (Wildman–Crippen MR) is 181 cm³/mol. The van der Waals surface area contributed by atoms with Gasteiger partial charge in [-0.15, -0.1) is 9.35 Å². The maximum Gasteiger partial charge on any atom is 0.435 e. The van der Waals surface area contributed by atoms with E-state index in [1.54, 1.807) is 86.6 Å². The number of rotatable bonds is 17. The summed E-state index contributed by atoms with van der Waals surface area (Å²) in [6.45, 7) is 3.33. The van der Waals surface area contributed by atoms with E-state index in [-0.39, 0.29) is 35.3 Å². The van der Waals surface area contributed by atoms with Gasteiger partial charge >= 0.3 is 15.2 Å². The highest BCUT2D eigenvalue weighted by Gasteiger charge is 2.46. The van der Waals surface area contributed by atoms with Crippen LogP contribution in [0.3, 0.4) is 0 Å². The van der Waals surface area contributed by atoms with Crippen molar-refractivity contribution in [1.82, 2.24) is 0 Å². The maximum absolute atomic E-state index is 15.0. The normalized spacial score (nSPS) is 11.8. The standard InChI is InChI=1S/C34H33O10P3/c1-3-37-41-47(36,42-38-4-2)34-32(45(30-22-13-7-14-23-30)31-24-15-8-16-25-31)26-17-27-33(34)46(35,43-39-28-18-9-5-10-19-28)44-40-29-20-11-6-12-21-29/h5-27H,3-4H2,1-2H3. The van der Waals surface area contributed by atoms with Crippen LogP contribution in [0.4, 0.5) is 0 Å². The monoisotopic (exact) mass is 694 g/mol. The lowest BCUT2D eigenvalue weighted by atomic mass is 10.3. The van der Waals surface area contributed by atoms with E-state index < -0.39 is 23.1 Å². The molecule has 0 fully saturated rings. The van der Waals surface area contributed by atoms with Gasteiger partial charge < -0.3 is 9.78 Å². The maximum atomic E-state index is 15.0. The van der Waals surface area contributed by atoms with E-state index in [2.05, 4.69) is 0 Å². The van der Waals surface area contributed by atoms with Gasteiger partial charge in [-0.2, -0.15) is 0 Å². The fourth-order valence-corrected chi connectivity index (χ4v) is 10.8. The van der Waals surface area contributed by atoms with Gasteiger partial charge in [-0.3, -0.25) is 0 Å². The first-order chi connectivity index (χ1) is 23.0. The highest BCUT2D eigenvalue weighted by Crippen LogP contribution is 2.54. The number of hydrogen-bond donors (Lipinski definition) is 0. The Balaban J connectivity index is 1.76. The summed E-state index contributed by atoms with van der Waals surface area (Å²) in [5.41, 5.74) is 0. The first kappa shape index (κ1) is 34.7. The summed E-state index contributed by atoms with van der Waals surface area (Å²) >= 11 is 0. The lowest BCUT2D eigenvalue weighted by Crippen LogP contribution is -2.41. The summed E-state index contributed by atoms with van der Waals surface area (Å²) in [6, 6.07) is 40.9. The van der Waals surface area contributed by atoms with Crippen LogP contribution in [0, 0.1) is 0 Å². The molecule has 0 amide bonds. The molecule has 5 aromatic rings. The van der Waals surface area contributed by atoms with Crippen molar-refractivity contribution in [1.29, 1.82) is 0 Å². The molecule has 0 N–H and O–H groups in total. The van der Waals surface area contributed by atoms with Crippen molar-refractivity contribution in [2.75, 3.05) is 13.2 Å². The molecule has 0 aliphatic heterocycles. The predicted octanol–water partition coefficient (Wildman–Crippen LogP) is 7.04. The summed E-state index contributed by atoms with van der Waals surface area (Å²) in [6.07, 6.45) is 0. The highest BCUT2D eigenvalue weighted by atomic mass is 31.2. The third-order valence-electron chi connectivity index (χ3n) is 6.32. The SMILES string of the molecule is CCOOP(=O)(OOCC)c1c(P(c2ccccc2)c2ccccc2)cccc1P(=O)(OOc1ccccc1)OOc1ccccc1. The van der Waals surface area contributed by atoms with Gasteiger partial charge in [0, 0.05) is 5.30 Å². The molecule has 0 aromatic heterocycles. The van der Waals surface area contributed by atoms with Crippen LogP contribution in [0.15, 0.2) is 140 Å². The lowest BCUT2D eigenvalue weighted by Gasteiger charge is -2.28. The van der Waals surface area contributed by atoms with E-state index in [1.165, 1.54) is 6.07 Å². The van der Waals surface area contributed by atoms with E-state index in [0.717, 1.165) is 10.6 Å². The third kappa shape index (κ3) is 8.83. The van der Waals surface area contributed by atoms with Crippen LogP contribution >= 0.6 is 23.1 Å². The van der Waals surface area contributed by atoms with E-state index in [0.29, 0.717) is 5.30 Å². The fraction of sp³-hybridized carbons (Fsp3) is 0.118. The fourth-order valence-electron chi connectivity index (χ4n) is 4.34. The van der Waals surface area contributed by atoms with Gasteiger partial charge in [0.05, 0.1) is 23.8 Å². The Morgan fingerprint density at radius 3 is 1.34 bits per heavy atom. The van der Waals surface area contributed by atoms with E-state index in [9.17, 15) is 4.57 Å². The number of para-hydroxylation sites is 2. The largest absolute Gasteiger partial charge is 0.435 e. The van der Waals surface area contributed by atoms with E-state index in [1.807, 2.05) is 60.7 Å². The molecule has 0 bridgehead atoms. The molecule has 0 aliphatic carbocycles. The van der Waals surface area contributed by atoms with Crippen molar-refractivity contribution < 1.29 is 47.4 Å². The minimum Gasteiger partial charge on any atom is -0.329 e. The van der Waals surface area contributed by atoms with Crippen LogP contribution in [0.2, 0.25) is 0 Å². The minimum atomic E-state index is -4.73. The Kier molecular flexibility index (Phi) is 12.5. The van der Waals surface area contributed by atoms with Crippen LogP contribution in [-0.2, 0) is 37.6 Å². The second-order valence-corrected chi connectivity index (χ2v) is 15.3. The summed E-state index contributed by atoms with van der Waals surface area (Å²) in [7, 11) is -10.8. The Bertz CT molecular complexity index is 1680. The molecule has 0 saturated carbocycles. The molecule has 0 spiro atoms. The van der Waals surface area contributed by atoms with Crippen molar-refractivity contribution in [3.63, 3.8) is 0 Å². The Hall–Kier alpha value is -3.65. The van der Waals surface area contributed by atoms with Gasteiger partial charge in [0.2, 0.25) is 0 Å². The Morgan fingerprint density at radius 2 is 0.915 bits per heavy atom. The molecule has 5 rings (SSSR count). The molecule has 10 nitrogen and oxygen atoms in total. The smallest absolute Gasteiger partial charge is 0.329 e.